The summed E-state index contributed by atoms with van der Waals surface area (Å²) in [4.78, 5) is 65.5. The number of nitrogens with one attached hydrogen (secondary N) is 3. The Bertz CT molecular complexity index is 1790. The van der Waals surface area contributed by atoms with E-state index in [-0.39, 0.29) is 48.4 Å². The van der Waals surface area contributed by atoms with Gasteiger partial charge in [0.25, 0.3) is 5.91 Å². The van der Waals surface area contributed by atoms with Gasteiger partial charge in [-0.1, -0.05) is 54.1 Å². The van der Waals surface area contributed by atoms with E-state index < -0.39 is 12.0 Å². The molecule has 4 aromatic rings. The van der Waals surface area contributed by atoms with Gasteiger partial charge in [-0.25, -0.2) is 0 Å². The van der Waals surface area contributed by atoms with E-state index in [9.17, 15) is 19.2 Å². The quantitative estimate of drug-likeness (QED) is 0.234. The SMILES string of the molecule is CNC(=O)[C@H](CCCc1ccccc1)NC(=O)C1CN(C(=O)Cc2c[nH]c3cc(Cl)ccc23)CC2CN(C(=O)c3ccc(C)cn3)C[C@@H]21. The van der Waals surface area contributed by atoms with E-state index in [1.165, 1.54) is 5.56 Å². The highest BCUT2D eigenvalue weighted by atomic mass is 35.5. The van der Waals surface area contributed by atoms with Crippen molar-refractivity contribution in [1.29, 1.82) is 0 Å². The summed E-state index contributed by atoms with van der Waals surface area (Å²) < 4.78 is 0. The van der Waals surface area contributed by atoms with Crippen LogP contribution in [0.5, 0.6) is 0 Å². The van der Waals surface area contributed by atoms with Gasteiger partial charge >= 0.3 is 0 Å². The van der Waals surface area contributed by atoms with Crippen LogP contribution < -0.4 is 10.6 Å². The summed E-state index contributed by atoms with van der Waals surface area (Å²) in [5.74, 6) is -1.70. The topological polar surface area (TPSA) is 128 Å². The van der Waals surface area contributed by atoms with E-state index in [4.69, 9.17) is 11.6 Å². The maximum atomic E-state index is 14.1. The molecule has 0 radical (unpaired) electrons. The molecule has 2 aliphatic heterocycles. The van der Waals surface area contributed by atoms with Crippen molar-refractivity contribution in [1.82, 2.24) is 30.4 Å². The van der Waals surface area contributed by atoms with Crippen molar-refractivity contribution >= 4 is 46.1 Å². The Balaban J connectivity index is 1.20. The summed E-state index contributed by atoms with van der Waals surface area (Å²) in [7, 11) is 1.56. The zero-order valence-electron chi connectivity index (χ0n) is 27.2. The molecule has 2 unspecified atom stereocenters. The molecule has 3 N–H and O–H groups in total. The second-order valence-electron chi connectivity index (χ2n) is 13.0. The maximum Gasteiger partial charge on any atom is 0.272 e. The van der Waals surface area contributed by atoms with Crippen molar-refractivity contribution in [2.45, 2.75) is 38.6 Å². The first kappa shape index (κ1) is 33.2. The Hall–Kier alpha value is -4.70. The third kappa shape index (κ3) is 7.39. The van der Waals surface area contributed by atoms with E-state index in [1.54, 1.807) is 35.2 Å². The van der Waals surface area contributed by atoms with Crippen LogP contribution in [0.2, 0.25) is 5.02 Å². The predicted molar refractivity (Wildman–Crippen MR) is 184 cm³/mol. The fourth-order valence-electron chi connectivity index (χ4n) is 7.14. The Morgan fingerprint density at radius 1 is 1.00 bits per heavy atom. The van der Waals surface area contributed by atoms with Gasteiger partial charge in [-0.2, -0.15) is 0 Å². The van der Waals surface area contributed by atoms with Crippen LogP contribution in [0, 0.1) is 24.7 Å². The molecule has 2 aromatic heterocycles. The van der Waals surface area contributed by atoms with Gasteiger partial charge in [0, 0.05) is 61.5 Å². The molecule has 10 nitrogen and oxygen atoms in total. The summed E-state index contributed by atoms with van der Waals surface area (Å²) in [5.41, 5.74) is 4.18. The number of likely N-dealkylation sites (tertiary alicyclic amines) is 2. The monoisotopic (exact) mass is 668 g/mol. The number of pyridine rings is 1. The first-order valence-electron chi connectivity index (χ1n) is 16.5. The number of nitrogens with zero attached hydrogens (tertiary/aromatic N) is 3. The summed E-state index contributed by atoms with van der Waals surface area (Å²) in [6, 6.07) is 18.4. The number of benzene rings is 2. The maximum absolute atomic E-state index is 14.1. The molecule has 11 heteroatoms. The lowest BCUT2D eigenvalue weighted by molar-refractivity contribution is -0.140. The van der Waals surface area contributed by atoms with Gasteiger partial charge in [-0.15, -0.1) is 0 Å². The molecule has 4 atom stereocenters. The highest BCUT2D eigenvalue weighted by Crippen LogP contribution is 2.37. The first-order chi connectivity index (χ1) is 23.2. The van der Waals surface area contributed by atoms with Crippen molar-refractivity contribution in [2.24, 2.45) is 17.8 Å². The number of aryl methyl sites for hydroxylation is 2. The standard InChI is InChI=1S/C37H41ClN6O4/c1-23-11-14-32(40-17-23)37(48)44-20-26-19-43(34(45)15-25-18-41-33-16-27(38)12-13-28(25)33)22-30(29(26)21-44)35(46)42-31(36(47)39-2)10-6-9-24-7-4-3-5-8-24/h3-5,7-8,11-14,16-18,26,29-31,41H,6,9-10,15,19-22H2,1-2H3,(H,39,47)(H,42,46)/t26?,29-,30?,31-/m0/s1. The lowest BCUT2D eigenvalue weighted by Gasteiger charge is -2.40. The van der Waals surface area contributed by atoms with Gasteiger partial charge in [0.15, 0.2) is 0 Å². The van der Waals surface area contributed by atoms with Crippen LogP contribution in [-0.2, 0) is 27.2 Å². The number of likely N-dealkylation sites (N-methyl/N-ethyl adjacent to an activating group) is 1. The van der Waals surface area contributed by atoms with E-state index in [2.05, 4.69) is 20.6 Å². The number of H-pyrrole nitrogens is 1. The Kier molecular flexibility index (Phi) is 10.1. The number of amides is 4. The molecule has 250 valence electrons. The minimum absolute atomic E-state index is 0.0993. The van der Waals surface area contributed by atoms with E-state index in [0.29, 0.717) is 43.2 Å². The van der Waals surface area contributed by atoms with Crippen LogP contribution in [0.15, 0.2) is 73.1 Å². The molecule has 0 saturated carbocycles. The fraction of sp³-hybridized carbons (Fsp3) is 0.378. The van der Waals surface area contributed by atoms with Gasteiger partial charge in [0.1, 0.15) is 11.7 Å². The normalized spacial score (nSPS) is 19.5. The molecule has 2 aromatic carbocycles. The number of hydrogen-bond acceptors (Lipinski definition) is 5. The largest absolute Gasteiger partial charge is 0.361 e. The summed E-state index contributed by atoms with van der Waals surface area (Å²) in [6.45, 7) is 3.34. The molecule has 4 amide bonds. The van der Waals surface area contributed by atoms with Gasteiger partial charge in [0.2, 0.25) is 17.7 Å². The molecule has 0 aliphatic carbocycles. The van der Waals surface area contributed by atoms with Crippen molar-refractivity contribution in [2.75, 3.05) is 33.2 Å². The molecule has 6 rings (SSSR count). The Morgan fingerprint density at radius 2 is 1.79 bits per heavy atom. The number of halogens is 1. The second kappa shape index (κ2) is 14.6. The van der Waals surface area contributed by atoms with E-state index in [1.807, 2.05) is 61.7 Å². The van der Waals surface area contributed by atoms with Crippen molar-refractivity contribution in [3.05, 3.63) is 100 Å². The highest BCUT2D eigenvalue weighted by molar-refractivity contribution is 6.31. The smallest absolute Gasteiger partial charge is 0.272 e. The number of fused-ring (bicyclic) bond motifs is 2. The van der Waals surface area contributed by atoms with Crippen LogP contribution >= 0.6 is 11.6 Å². The lowest BCUT2D eigenvalue weighted by Crippen LogP contribution is -2.56. The molecule has 48 heavy (non-hydrogen) atoms. The molecule has 2 aliphatic rings. The minimum atomic E-state index is -0.718. The fourth-order valence-corrected chi connectivity index (χ4v) is 7.31. The lowest BCUT2D eigenvalue weighted by atomic mass is 9.79. The molecule has 0 bridgehead atoms. The van der Waals surface area contributed by atoms with Crippen LogP contribution in [-0.4, -0.2) is 82.7 Å². The van der Waals surface area contributed by atoms with Gasteiger partial charge in [-0.3, -0.25) is 24.2 Å². The van der Waals surface area contributed by atoms with Crippen LogP contribution in [0.25, 0.3) is 10.9 Å². The molecule has 0 spiro atoms. The number of rotatable bonds is 10. The predicted octanol–water partition coefficient (Wildman–Crippen LogP) is 4.17. The number of hydrogen-bond donors (Lipinski definition) is 3. The zero-order valence-corrected chi connectivity index (χ0v) is 28.0. The van der Waals surface area contributed by atoms with Gasteiger partial charge in [0.05, 0.1) is 12.3 Å². The van der Waals surface area contributed by atoms with Crippen molar-refractivity contribution < 1.29 is 19.2 Å². The molecule has 4 heterocycles. The minimum Gasteiger partial charge on any atom is -0.361 e. The van der Waals surface area contributed by atoms with Crippen molar-refractivity contribution in [3.63, 3.8) is 0 Å². The first-order valence-corrected chi connectivity index (χ1v) is 16.9. The number of aromatic amines is 1. The number of aromatic nitrogens is 2. The Morgan fingerprint density at radius 3 is 2.54 bits per heavy atom. The summed E-state index contributed by atoms with van der Waals surface area (Å²) in [6.07, 6.45) is 5.62. The zero-order chi connectivity index (χ0) is 33.8. The van der Waals surface area contributed by atoms with Crippen LogP contribution in [0.1, 0.15) is 40.0 Å². The average molecular weight is 669 g/mol. The number of carbonyl (C=O) groups is 4. The van der Waals surface area contributed by atoms with Gasteiger partial charge in [-0.05, 0) is 72.9 Å². The Labute approximate surface area is 285 Å². The summed E-state index contributed by atoms with van der Waals surface area (Å²) >= 11 is 6.16. The molecular formula is C37H41ClN6O4. The highest BCUT2D eigenvalue weighted by Gasteiger charge is 2.48. The van der Waals surface area contributed by atoms with E-state index >= 15 is 0 Å². The number of piperidine rings is 1. The third-order valence-corrected chi connectivity index (χ3v) is 9.97. The molecular weight excluding hydrogens is 628 g/mol. The van der Waals surface area contributed by atoms with Crippen LogP contribution in [0.4, 0.5) is 0 Å². The summed E-state index contributed by atoms with van der Waals surface area (Å²) in [5, 5.41) is 7.25. The van der Waals surface area contributed by atoms with Gasteiger partial charge < -0.3 is 25.4 Å². The second-order valence-corrected chi connectivity index (χ2v) is 13.4. The van der Waals surface area contributed by atoms with Crippen molar-refractivity contribution in [3.8, 4) is 0 Å². The number of carbonyl (C=O) groups excluding carboxylic acids is 4. The third-order valence-electron chi connectivity index (χ3n) is 9.74. The van der Waals surface area contributed by atoms with E-state index in [0.717, 1.165) is 28.5 Å². The molecule has 2 saturated heterocycles. The van der Waals surface area contributed by atoms with Crippen LogP contribution in [0.3, 0.4) is 0 Å². The molecule has 2 fully saturated rings. The average Bonchev–Trinajstić information content (AvgIpc) is 3.71.